The highest BCUT2D eigenvalue weighted by molar-refractivity contribution is 5.85. The van der Waals surface area contributed by atoms with Crippen LogP contribution in [-0.4, -0.2) is 11.6 Å². The van der Waals surface area contributed by atoms with Crippen molar-refractivity contribution in [1.29, 1.82) is 0 Å². The summed E-state index contributed by atoms with van der Waals surface area (Å²) < 4.78 is 0. The molecule has 2 fully saturated rings. The molecule has 2 rings (SSSR count). The smallest absolute Gasteiger partial charge is 0.0534 e. The molecular weight excluding hydrogens is 164 g/mol. The van der Waals surface area contributed by atoms with Gasteiger partial charge < -0.3 is 5.73 Å². The predicted molar refractivity (Wildman–Crippen MR) is 44.4 cm³/mol. The summed E-state index contributed by atoms with van der Waals surface area (Å²) in [6, 6.07) is 0.282. The van der Waals surface area contributed by atoms with Gasteiger partial charge in [-0.1, -0.05) is 5.11 Å². The van der Waals surface area contributed by atoms with Crippen LogP contribution in [0.4, 0.5) is 0 Å². The van der Waals surface area contributed by atoms with Gasteiger partial charge in [0.2, 0.25) is 0 Å². The van der Waals surface area contributed by atoms with Gasteiger partial charge >= 0.3 is 0 Å². The first-order valence-electron chi connectivity index (χ1n) is 3.59. The molecule has 2 aliphatic rings. The Morgan fingerprint density at radius 1 is 1.55 bits per heavy atom. The number of hydrogen-bond donors (Lipinski definition) is 1. The van der Waals surface area contributed by atoms with Crippen molar-refractivity contribution in [3.05, 3.63) is 10.4 Å². The summed E-state index contributed by atoms with van der Waals surface area (Å²) in [6.45, 7) is 0. The summed E-state index contributed by atoms with van der Waals surface area (Å²) in [4.78, 5) is 2.84. The van der Waals surface area contributed by atoms with Gasteiger partial charge in [0, 0.05) is 11.0 Å². The van der Waals surface area contributed by atoms with Crippen LogP contribution in [0.15, 0.2) is 5.11 Å². The molecule has 62 valence electrons. The van der Waals surface area contributed by atoms with E-state index in [-0.39, 0.29) is 24.0 Å². The molecule has 0 amide bonds. The molecule has 0 radical (unpaired) electrons. The van der Waals surface area contributed by atoms with Gasteiger partial charge in [-0.25, -0.2) is 0 Å². The van der Waals surface area contributed by atoms with Crippen molar-refractivity contribution < 1.29 is 0 Å². The Bertz CT molecular complexity index is 213. The largest absolute Gasteiger partial charge is 0.328 e. The average Bonchev–Trinajstić information content (AvgIpc) is 2.36. The monoisotopic (exact) mass is 174 g/mol. The van der Waals surface area contributed by atoms with Crippen LogP contribution in [0.2, 0.25) is 0 Å². The second-order valence-electron chi connectivity index (χ2n) is 3.39. The Morgan fingerprint density at radius 2 is 2.27 bits per heavy atom. The lowest BCUT2D eigenvalue weighted by Gasteiger charge is -2.05. The van der Waals surface area contributed by atoms with Crippen molar-refractivity contribution >= 4 is 12.4 Å². The number of rotatable bonds is 1. The van der Waals surface area contributed by atoms with Gasteiger partial charge in [0.1, 0.15) is 0 Å². The van der Waals surface area contributed by atoms with Crippen molar-refractivity contribution in [2.24, 2.45) is 16.8 Å². The number of azide groups is 1. The van der Waals surface area contributed by atoms with Crippen molar-refractivity contribution in [1.82, 2.24) is 0 Å². The van der Waals surface area contributed by atoms with Crippen LogP contribution in [0, 0.1) is 5.92 Å². The molecule has 0 heterocycles. The second kappa shape index (κ2) is 2.55. The SMILES string of the molecule is Cl.[N-]=[N+]=NC12CC(N)CC1C2. The van der Waals surface area contributed by atoms with Crippen LogP contribution >= 0.6 is 12.4 Å². The number of halogens is 1. The highest BCUT2D eigenvalue weighted by Gasteiger charge is 2.59. The Labute approximate surface area is 71.2 Å². The average molecular weight is 175 g/mol. The molecule has 11 heavy (non-hydrogen) atoms. The van der Waals surface area contributed by atoms with Gasteiger partial charge in [0.15, 0.2) is 0 Å². The van der Waals surface area contributed by atoms with Crippen LogP contribution in [-0.2, 0) is 0 Å². The van der Waals surface area contributed by atoms with Crippen LogP contribution in [0.1, 0.15) is 19.3 Å². The lowest BCUT2D eigenvalue weighted by Crippen LogP contribution is -2.19. The molecule has 0 saturated heterocycles. The zero-order valence-electron chi connectivity index (χ0n) is 6.10. The normalized spacial score (nSPS) is 45.2. The van der Waals surface area contributed by atoms with Crippen molar-refractivity contribution in [2.75, 3.05) is 0 Å². The van der Waals surface area contributed by atoms with Gasteiger partial charge in [0.25, 0.3) is 0 Å². The van der Waals surface area contributed by atoms with Crippen LogP contribution < -0.4 is 5.73 Å². The number of fused-ring (bicyclic) bond motifs is 1. The topological polar surface area (TPSA) is 74.8 Å². The van der Waals surface area contributed by atoms with Crippen molar-refractivity contribution in [3.8, 4) is 0 Å². The zero-order chi connectivity index (χ0) is 7.19. The Hall–Kier alpha value is -0.440. The molecule has 2 aliphatic carbocycles. The third-order valence-corrected chi connectivity index (χ3v) is 2.65. The number of hydrogen-bond acceptors (Lipinski definition) is 2. The highest BCUT2D eigenvalue weighted by atomic mass is 35.5. The minimum Gasteiger partial charge on any atom is -0.328 e. The number of nitrogens with two attached hydrogens (primary N) is 1. The highest BCUT2D eigenvalue weighted by Crippen LogP contribution is 2.58. The lowest BCUT2D eigenvalue weighted by atomic mass is 10.1. The summed E-state index contributed by atoms with van der Waals surface area (Å²) >= 11 is 0. The summed E-state index contributed by atoms with van der Waals surface area (Å²) in [6.07, 6.45) is 3.03. The molecule has 2 N–H and O–H groups in total. The molecule has 0 aromatic rings. The summed E-state index contributed by atoms with van der Waals surface area (Å²) in [5.41, 5.74) is 13.9. The molecule has 5 heteroatoms. The van der Waals surface area contributed by atoms with E-state index in [1.807, 2.05) is 0 Å². The molecule has 0 spiro atoms. The van der Waals surface area contributed by atoms with E-state index < -0.39 is 0 Å². The maximum absolute atomic E-state index is 8.22. The maximum Gasteiger partial charge on any atom is 0.0534 e. The van der Waals surface area contributed by atoms with Gasteiger partial charge in [-0.15, -0.1) is 12.4 Å². The van der Waals surface area contributed by atoms with E-state index >= 15 is 0 Å². The first kappa shape index (κ1) is 8.65. The molecule has 3 unspecified atom stereocenters. The first-order chi connectivity index (χ1) is 4.77. The van der Waals surface area contributed by atoms with Crippen LogP contribution in [0.5, 0.6) is 0 Å². The second-order valence-corrected chi connectivity index (χ2v) is 3.39. The van der Waals surface area contributed by atoms with Crippen molar-refractivity contribution in [2.45, 2.75) is 30.8 Å². The van der Waals surface area contributed by atoms with E-state index in [1.54, 1.807) is 0 Å². The molecule has 0 bridgehead atoms. The van der Waals surface area contributed by atoms with E-state index in [2.05, 4.69) is 10.0 Å². The summed E-state index contributed by atoms with van der Waals surface area (Å²) in [5.74, 6) is 0.610. The molecule has 0 aromatic heterocycles. The Balaban J connectivity index is 0.000000605. The standard InChI is InChI=1S/C6H10N4.ClH/c7-5-1-4-2-6(4,3-5)9-10-8;/h4-5H,1-3,7H2;1H. The van der Waals surface area contributed by atoms with Gasteiger partial charge in [-0.3, -0.25) is 0 Å². The fraction of sp³-hybridized carbons (Fsp3) is 1.00. The third kappa shape index (κ3) is 1.18. The van der Waals surface area contributed by atoms with Gasteiger partial charge in [-0.05, 0) is 30.7 Å². The molecule has 3 atom stereocenters. The van der Waals surface area contributed by atoms with Crippen molar-refractivity contribution in [3.63, 3.8) is 0 Å². The molecule has 0 aromatic carbocycles. The summed E-state index contributed by atoms with van der Waals surface area (Å²) in [5, 5.41) is 3.78. The van der Waals surface area contributed by atoms with E-state index in [0.29, 0.717) is 5.92 Å². The summed E-state index contributed by atoms with van der Waals surface area (Å²) in [7, 11) is 0. The first-order valence-corrected chi connectivity index (χ1v) is 3.59. The minimum atomic E-state index is -0.0336. The van der Waals surface area contributed by atoms with Gasteiger partial charge in [0.05, 0.1) is 5.54 Å². The fourth-order valence-corrected chi connectivity index (χ4v) is 2.08. The molecule has 0 aliphatic heterocycles. The lowest BCUT2D eigenvalue weighted by molar-refractivity contribution is 0.577. The van der Waals surface area contributed by atoms with E-state index in [0.717, 1.165) is 19.3 Å². The van der Waals surface area contributed by atoms with Crippen LogP contribution in [0.3, 0.4) is 0 Å². The van der Waals surface area contributed by atoms with Crippen LogP contribution in [0.25, 0.3) is 10.4 Å². The molecule has 4 nitrogen and oxygen atoms in total. The Kier molecular flexibility index (Phi) is 2.01. The number of nitrogens with zero attached hydrogens (tertiary/aromatic N) is 3. The van der Waals surface area contributed by atoms with Gasteiger partial charge in [-0.2, -0.15) is 0 Å². The molecule has 2 saturated carbocycles. The maximum atomic E-state index is 8.22. The quantitative estimate of drug-likeness (QED) is 0.366. The van der Waals surface area contributed by atoms with E-state index in [1.165, 1.54) is 0 Å². The fourth-order valence-electron chi connectivity index (χ4n) is 2.08. The molecular formula is C6H11ClN4. The predicted octanol–water partition coefficient (Wildman–Crippen LogP) is 1.60. The Morgan fingerprint density at radius 3 is 2.73 bits per heavy atom. The zero-order valence-corrected chi connectivity index (χ0v) is 6.92. The third-order valence-electron chi connectivity index (χ3n) is 2.65. The minimum absolute atomic E-state index is 0. The van der Waals surface area contributed by atoms with E-state index in [9.17, 15) is 0 Å². The van der Waals surface area contributed by atoms with E-state index in [4.69, 9.17) is 11.3 Å².